The molecular weight excluding hydrogens is 271 g/mol. The second-order valence-electron chi connectivity index (χ2n) is 2.65. The molecule has 0 saturated carbocycles. The van der Waals surface area contributed by atoms with Crippen LogP contribution >= 0.6 is 27.5 Å². The fourth-order valence-electron chi connectivity index (χ4n) is 1.14. The quantitative estimate of drug-likeness (QED) is 0.925. The van der Waals surface area contributed by atoms with E-state index in [1.165, 1.54) is 7.11 Å². The van der Waals surface area contributed by atoms with Gasteiger partial charge < -0.3 is 9.84 Å². The second kappa shape index (κ2) is 4.66. The summed E-state index contributed by atoms with van der Waals surface area (Å²) in [5.74, 6) is -0.505. The van der Waals surface area contributed by atoms with Crippen LogP contribution in [0.1, 0.15) is 5.56 Å². The molecule has 0 radical (unpaired) electrons. The molecule has 76 valence electrons. The molecule has 0 amide bonds. The highest BCUT2D eigenvalue weighted by molar-refractivity contribution is 9.10. The fraction of sp³-hybridized carbons (Fsp3) is 0.222. The van der Waals surface area contributed by atoms with Crippen LogP contribution in [0, 0.1) is 0 Å². The average molecular weight is 280 g/mol. The van der Waals surface area contributed by atoms with Crippen LogP contribution in [0.4, 0.5) is 0 Å². The van der Waals surface area contributed by atoms with Crippen LogP contribution in [0.2, 0.25) is 5.02 Å². The van der Waals surface area contributed by atoms with Gasteiger partial charge in [-0.15, -0.1) is 0 Å². The highest BCUT2D eigenvalue weighted by Crippen LogP contribution is 2.32. The van der Waals surface area contributed by atoms with Crippen LogP contribution in [-0.4, -0.2) is 18.2 Å². The fourth-order valence-corrected chi connectivity index (χ4v) is 2.09. The zero-order valence-electron chi connectivity index (χ0n) is 7.38. The van der Waals surface area contributed by atoms with Gasteiger partial charge in [0.1, 0.15) is 5.75 Å². The Labute approximate surface area is 94.8 Å². The van der Waals surface area contributed by atoms with Crippen molar-refractivity contribution < 1.29 is 14.6 Å². The number of rotatable bonds is 3. The van der Waals surface area contributed by atoms with Crippen LogP contribution in [0.3, 0.4) is 0 Å². The predicted octanol–water partition coefficient (Wildman–Crippen LogP) is 2.74. The number of carboxylic acids is 1. The molecule has 0 unspecified atom stereocenters. The van der Waals surface area contributed by atoms with Crippen molar-refractivity contribution in [1.29, 1.82) is 0 Å². The number of carboxylic acid groups (broad SMARTS) is 1. The third kappa shape index (κ3) is 2.62. The van der Waals surface area contributed by atoms with Crippen LogP contribution < -0.4 is 4.74 Å². The van der Waals surface area contributed by atoms with Gasteiger partial charge >= 0.3 is 5.97 Å². The number of hydrogen-bond donors (Lipinski definition) is 1. The minimum absolute atomic E-state index is 0.109. The minimum atomic E-state index is -0.919. The summed E-state index contributed by atoms with van der Waals surface area (Å²) in [6, 6.07) is 3.34. The Morgan fingerprint density at radius 3 is 2.79 bits per heavy atom. The molecule has 14 heavy (non-hydrogen) atoms. The molecule has 0 bridgehead atoms. The van der Waals surface area contributed by atoms with Gasteiger partial charge in [0.05, 0.1) is 18.6 Å². The molecular formula is C9H8BrClO3. The summed E-state index contributed by atoms with van der Waals surface area (Å²) in [6.07, 6.45) is -0.109. The zero-order chi connectivity index (χ0) is 10.7. The van der Waals surface area contributed by atoms with E-state index in [2.05, 4.69) is 15.9 Å². The van der Waals surface area contributed by atoms with Gasteiger partial charge in [-0.2, -0.15) is 0 Å². The first-order valence-corrected chi connectivity index (χ1v) is 4.95. The van der Waals surface area contributed by atoms with Crippen molar-refractivity contribution in [1.82, 2.24) is 0 Å². The van der Waals surface area contributed by atoms with Crippen molar-refractivity contribution >= 4 is 33.5 Å². The van der Waals surface area contributed by atoms with E-state index < -0.39 is 5.97 Å². The Kier molecular flexibility index (Phi) is 3.77. The molecule has 1 aromatic carbocycles. The van der Waals surface area contributed by atoms with E-state index in [-0.39, 0.29) is 6.42 Å². The maximum absolute atomic E-state index is 10.5. The average Bonchev–Trinajstić information content (AvgIpc) is 2.01. The van der Waals surface area contributed by atoms with Crippen molar-refractivity contribution in [3.05, 3.63) is 27.2 Å². The van der Waals surface area contributed by atoms with Gasteiger partial charge in [0.2, 0.25) is 0 Å². The van der Waals surface area contributed by atoms with Gasteiger partial charge in [-0.3, -0.25) is 4.79 Å². The molecule has 0 aromatic heterocycles. The number of benzene rings is 1. The third-order valence-corrected chi connectivity index (χ3v) is 2.37. The summed E-state index contributed by atoms with van der Waals surface area (Å²) in [5, 5.41) is 9.06. The molecule has 0 atom stereocenters. The van der Waals surface area contributed by atoms with Crippen LogP contribution in [0.25, 0.3) is 0 Å². The van der Waals surface area contributed by atoms with Crippen molar-refractivity contribution in [2.45, 2.75) is 6.42 Å². The summed E-state index contributed by atoms with van der Waals surface area (Å²) < 4.78 is 5.75. The lowest BCUT2D eigenvalue weighted by Gasteiger charge is -2.09. The van der Waals surface area contributed by atoms with E-state index in [0.717, 1.165) is 4.47 Å². The Balaban J connectivity index is 3.17. The van der Waals surface area contributed by atoms with E-state index in [0.29, 0.717) is 16.3 Å². The second-order valence-corrected chi connectivity index (χ2v) is 3.97. The molecule has 0 aliphatic heterocycles. The maximum Gasteiger partial charge on any atom is 0.307 e. The monoisotopic (exact) mass is 278 g/mol. The lowest BCUT2D eigenvalue weighted by atomic mass is 10.1. The summed E-state index contributed by atoms with van der Waals surface area (Å²) in [4.78, 5) is 10.5. The first-order valence-electron chi connectivity index (χ1n) is 3.78. The number of aliphatic carboxylic acids is 1. The summed E-state index contributed by atoms with van der Waals surface area (Å²) in [5.41, 5.74) is 0.555. The van der Waals surface area contributed by atoms with Gasteiger partial charge in [-0.1, -0.05) is 27.5 Å². The smallest absolute Gasteiger partial charge is 0.307 e. The third-order valence-electron chi connectivity index (χ3n) is 1.63. The number of halogens is 2. The molecule has 3 nitrogen and oxygen atoms in total. The molecule has 0 saturated heterocycles. The highest BCUT2D eigenvalue weighted by atomic mass is 79.9. The summed E-state index contributed by atoms with van der Waals surface area (Å²) in [6.45, 7) is 0. The van der Waals surface area contributed by atoms with Gasteiger partial charge in [0, 0.05) is 10.0 Å². The molecule has 5 heteroatoms. The first-order chi connectivity index (χ1) is 6.54. The Morgan fingerprint density at radius 1 is 1.64 bits per heavy atom. The van der Waals surface area contributed by atoms with E-state index in [4.69, 9.17) is 21.4 Å². The molecule has 1 aromatic rings. The largest absolute Gasteiger partial charge is 0.495 e. The lowest BCUT2D eigenvalue weighted by Crippen LogP contribution is -2.02. The molecule has 0 aliphatic rings. The summed E-state index contributed by atoms with van der Waals surface area (Å²) >= 11 is 9.10. The van der Waals surface area contributed by atoms with E-state index >= 15 is 0 Å². The van der Waals surface area contributed by atoms with Gasteiger partial charge in [-0.05, 0) is 12.1 Å². The van der Waals surface area contributed by atoms with Gasteiger partial charge in [0.15, 0.2) is 0 Å². The Morgan fingerprint density at radius 2 is 2.29 bits per heavy atom. The Hall–Kier alpha value is -0.740. The molecule has 1 rings (SSSR count). The van der Waals surface area contributed by atoms with Crippen LogP contribution in [0.15, 0.2) is 16.6 Å². The number of carbonyl (C=O) groups is 1. The van der Waals surface area contributed by atoms with Crippen LogP contribution in [0.5, 0.6) is 5.75 Å². The van der Waals surface area contributed by atoms with E-state index in [1.807, 2.05) is 0 Å². The van der Waals surface area contributed by atoms with Gasteiger partial charge in [0.25, 0.3) is 0 Å². The van der Waals surface area contributed by atoms with Crippen molar-refractivity contribution in [2.24, 2.45) is 0 Å². The lowest BCUT2D eigenvalue weighted by molar-refractivity contribution is -0.136. The first kappa shape index (κ1) is 11.3. The van der Waals surface area contributed by atoms with Crippen molar-refractivity contribution in [2.75, 3.05) is 7.11 Å². The number of ether oxygens (including phenoxy) is 1. The van der Waals surface area contributed by atoms with Crippen molar-refractivity contribution in [3.8, 4) is 5.75 Å². The minimum Gasteiger partial charge on any atom is -0.495 e. The highest BCUT2D eigenvalue weighted by Gasteiger charge is 2.12. The molecule has 0 fully saturated rings. The maximum atomic E-state index is 10.5. The molecule has 1 N–H and O–H groups in total. The van der Waals surface area contributed by atoms with E-state index in [1.54, 1.807) is 12.1 Å². The number of hydrogen-bond acceptors (Lipinski definition) is 2. The van der Waals surface area contributed by atoms with Crippen molar-refractivity contribution in [3.63, 3.8) is 0 Å². The Bertz CT molecular complexity index is 365. The standard InChI is InChI=1S/C9H8BrClO3/c1-14-9-5(3-8(12)13)2-6(10)4-7(9)11/h2,4H,3H2,1H3,(H,12,13). The molecule has 0 spiro atoms. The zero-order valence-corrected chi connectivity index (χ0v) is 9.72. The number of methoxy groups -OCH3 is 1. The van der Waals surface area contributed by atoms with Crippen LogP contribution in [-0.2, 0) is 11.2 Å². The predicted molar refractivity (Wildman–Crippen MR) is 57.0 cm³/mol. The topological polar surface area (TPSA) is 46.5 Å². The SMILES string of the molecule is COc1c(Cl)cc(Br)cc1CC(=O)O. The summed E-state index contributed by atoms with van der Waals surface area (Å²) in [7, 11) is 1.46. The molecule has 0 aliphatic carbocycles. The normalized spacial score (nSPS) is 9.93. The van der Waals surface area contributed by atoms with Gasteiger partial charge in [-0.25, -0.2) is 0 Å². The molecule has 0 heterocycles. The van der Waals surface area contributed by atoms with E-state index in [9.17, 15) is 4.79 Å².